The van der Waals surface area contributed by atoms with Crippen molar-refractivity contribution in [2.24, 2.45) is 0 Å². The first-order valence-electron chi connectivity index (χ1n) is 4.51. The summed E-state index contributed by atoms with van der Waals surface area (Å²) in [6, 6.07) is 6.20. The topological polar surface area (TPSA) is 37.3 Å². The van der Waals surface area contributed by atoms with Gasteiger partial charge in [-0.3, -0.25) is 4.79 Å². The van der Waals surface area contributed by atoms with Gasteiger partial charge in [-0.05, 0) is 37.1 Å². The van der Waals surface area contributed by atoms with Gasteiger partial charge in [-0.15, -0.1) is 11.8 Å². The molecule has 14 heavy (non-hydrogen) atoms. The largest absolute Gasteiger partial charge is 0.481 e. The molecule has 0 saturated heterocycles. The van der Waals surface area contributed by atoms with Gasteiger partial charge in [-0.25, -0.2) is 0 Å². The molecule has 2 nitrogen and oxygen atoms in total. The highest BCUT2D eigenvalue weighted by molar-refractivity contribution is 7.99. The zero-order chi connectivity index (χ0) is 10.6. The van der Waals surface area contributed by atoms with Gasteiger partial charge in [0.25, 0.3) is 0 Å². The highest BCUT2D eigenvalue weighted by Crippen LogP contribution is 2.21. The SMILES string of the molecule is Cc1ccc(SCCC(=O)O)cc1C. The van der Waals surface area contributed by atoms with Crippen LogP contribution in [0.4, 0.5) is 0 Å². The first kappa shape index (κ1) is 11.1. The Morgan fingerprint density at radius 3 is 2.64 bits per heavy atom. The Morgan fingerprint density at radius 2 is 2.07 bits per heavy atom. The van der Waals surface area contributed by atoms with Crippen molar-refractivity contribution in [3.05, 3.63) is 29.3 Å². The van der Waals surface area contributed by atoms with E-state index in [4.69, 9.17) is 5.11 Å². The molecular formula is C11H14O2S. The molecule has 0 atom stereocenters. The van der Waals surface area contributed by atoms with Gasteiger partial charge in [-0.1, -0.05) is 6.07 Å². The lowest BCUT2D eigenvalue weighted by atomic mass is 10.1. The van der Waals surface area contributed by atoms with E-state index in [1.54, 1.807) is 11.8 Å². The summed E-state index contributed by atoms with van der Waals surface area (Å²) in [7, 11) is 0. The van der Waals surface area contributed by atoms with Crippen molar-refractivity contribution in [3.8, 4) is 0 Å². The van der Waals surface area contributed by atoms with Crippen molar-refractivity contribution >= 4 is 17.7 Å². The zero-order valence-corrected chi connectivity index (χ0v) is 9.23. The molecule has 0 aliphatic heterocycles. The van der Waals surface area contributed by atoms with E-state index in [-0.39, 0.29) is 6.42 Å². The molecule has 1 aromatic carbocycles. The van der Waals surface area contributed by atoms with E-state index in [0.717, 1.165) is 4.90 Å². The Hall–Kier alpha value is -0.960. The van der Waals surface area contributed by atoms with Gasteiger partial charge in [-0.2, -0.15) is 0 Å². The van der Waals surface area contributed by atoms with Crippen molar-refractivity contribution < 1.29 is 9.90 Å². The highest BCUT2D eigenvalue weighted by Gasteiger charge is 2.00. The summed E-state index contributed by atoms with van der Waals surface area (Å²) in [6.07, 6.45) is 0.220. The van der Waals surface area contributed by atoms with Crippen molar-refractivity contribution in [1.29, 1.82) is 0 Å². The number of carboxylic acid groups (broad SMARTS) is 1. The van der Waals surface area contributed by atoms with Crippen LogP contribution >= 0.6 is 11.8 Å². The molecule has 76 valence electrons. The first-order valence-corrected chi connectivity index (χ1v) is 5.50. The van der Waals surface area contributed by atoms with E-state index < -0.39 is 5.97 Å². The van der Waals surface area contributed by atoms with Crippen LogP contribution in [0.25, 0.3) is 0 Å². The van der Waals surface area contributed by atoms with Crippen LogP contribution < -0.4 is 0 Å². The molecule has 0 radical (unpaired) electrons. The number of carboxylic acids is 1. The van der Waals surface area contributed by atoms with Crippen molar-refractivity contribution in [1.82, 2.24) is 0 Å². The average molecular weight is 210 g/mol. The summed E-state index contributed by atoms with van der Waals surface area (Å²) in [5.74, 6) is -0.0981. The molecule has 0 fully saturated rings. The van der Waals surface area contributed by atoms with Gasteiger partial charge in [0.2, 0.25) is 0 Å². The molecule has 0 saturated carbocycles. The third-order valence-electron chi connectivity index (χ3n) is 2.06. The van der Waals surface area contributed by atoms with E-state index in [1.165, 1.54) is 11.1 Å². The van der Waals surface area contributed by atoms with Crippen LogP contribution in [0.5, 0.6) is 0 Å². The van der Waals surface area contributed by atoms with Crippen LogP contribution in [0.1, 0.15) is 17.5 Å². The number of aliphatic carboxylic acids is 1. The molecular weight excluding hydrogens is 196 g/mol. The molecule has 0 aromatic heterocycles. The van der Waals surface area contributed by atoms with E-state index in [2.05, 4.69) is 26.0 Å². The predicted molar refractivity (Wildman–Crippen MR) is 58.9 cm³/mol. The molecule has 1 aromatic rings. The fraction of sp³-hybridized carbons (Fsp3) is 0.364. The summed E-state index contributed by atoms with van der Waals surface area (Å²) >= 11 is 1.59. The van der Waals surface area contributed by atoms with Crippen LogP contribution in [0.2, 0.25) is 0 Å². The lowest BCUT2D eigenvalue weighted by molar-refractivity contribution is -0.136. The number of thioether (sulfide) groups is 1. The van der Waals surface area contributed by atoms with E-state index in [1.807, 2.05) is 6.07 Å². The van der Waals surface area contributed by atoms with E-state index in [0.29, 0.717) is 5.75 Å². The Balaban J connectivity index is 2.51. The average Bonchev–Trinajstić information content (AvgIpc) is 2.10. The molecule has 1 rings (SSSR count). The molecule has 0 aliphatic rings. The quantitative estimate of drug-likeness (QED) is 0.776. The maximum absolute atomic E-state index is 10.3. The first-order chi connectivity index (χ1) is 6.59. The summed E-state index contributed by atoms with van der Waals surface area (Å²) in [4.78, 5) is 11.4. The molecule has 0 amide bonds. The maximum atomic E-state index is 10.3. The van der Waals surface area contributed by atoms with Crippen molar-refractivity contribution in [2.45, 2.75) is 25.2 Å². The fourth-order valence-corrected chi connectivity index (χ4v) is 2.00. The number of aryl methyl sites for hydroxylation is 2. The van der Waals surface area contributed by atoms with E-state index in [9.17, 15) is 4.79 Å². The Bertz CT molecular complexity index is 334. The molecule has 1 N–H and O–H groups in total. The third-order valence-corrected chi connectivity index (χ3v) is 3.06. The van der Waals surface area contributed by atoms with Crippen LogP contribution in [-0.2, 0) is 4.79 Å². The normalized spacial score (nSPS) is 10.1. The number of hydrogen-bond acceptors (Lipinski definition) is 2. The fourth-order valence-electron chi connectivity index (χ4n) is 1.06. The van der Waals surface area contributed by atoms with Gasteiger partial charge >= 0.3 is 5.97 Å². The van der Waals surface area contributed by atoms with Gasteiger partial charge in [0.1, 0.15) is 0 Å². The highest BCUT2D eigenvalue weighted by atomic mass is 32.2. The second-order valence-corrected chi connectivity index (χ2v) is 4.41. The molecule has 0 unspecified atom stereocenters. The van der Waals surface area contributed by atoms with Crippen molar-refractivity contribution in [2.75, 3.05) is 5.75 Å². The summed E-state index contributed by atoms with van der Waals surface area (Å²) in [6.45, 7) is 4.14. The zero-order valence-electron chi connectivity index (χ0n) is 8.41. The minimum Gasteiger partial charge on any atom is -0.481 e. The van der Waals surface area contributed by atoms with Gasteiger partial charge in [0.15, 0.2) is 0 Å². The lowest BCUT2D eigenvalue weighted by Gasteiger charge is -2.03. The second kappa shape index (κ2) is 5.05. The van der Waals surface area contributed by atoms with Gasteiger partial charge in [0, 0.05) is 10.6 Å². The molecule has 0 spiro atoms. The minimum atomic E-state index is -0.735. The Morgan fingerprint density at radius 1 is 1.36 bits per heavy atom. The minimum absolute atomic E-state index is 0.220. The number of benzene rings is 1. The molecule has 0 heterocycles. The Labute approximate surface area is 88.3 Å². The molecule has 0 bridgehead atoms. The van der Waals surface area contributed by atoms with Gasteiger partial charge < -0.3 is 5.11 Å². The van der Waals surface area contributed by atoms with Crippen molar-refractivity contribution in [3.63, 3.8) is 0 Å². The number of carbonyl (C=O) groups is 1. The third kappa shape index (κ3) is 3.42. The monoisotopic (exact) mass is 210 g/mol. The van der Waals surface area contributed by atoms with Crippen LogP contribution in [0.3, 0.4) is 0 Å². The van der Waals surface area contributed by atoms with Crippen LogP contribution in [0.15, 0.2) is 23.1 Å². The molecule has 0 aliphatic carbocycles. The second-order valence-electron chi connectivity index (χ2n) is 3.24. The maximum Gasteiger partial charge on any atom is 0.304 e. The smallest absolute Gasteiger partial charge is 0.304 e. The summed E-state index contributed by atoms with van der Waals surface area (Å²) in [5, 5.41) is 8.48. The van der Waals surface area contributed by atoms with E-state index >= 15 is 0 Å². The number of hydrogen-bond donors (Lipinski definition) is 1. The number of rotatable bonds is 4. The standard InChI is InChI=1S/C11H14O2S/c1-8-3-4-10(7-9(8)2)14-6-5-11(12)13/h3-4,7H,5-6H2,1-2H3,(H,12,13). The Kier molecular flexibility index (Phi) is 4.01. The van der Waals surface area contributed by atoms with Crippen LogP contribution in [-0.4, -0.2) is 16.8 Å². The van der Waals surface area contributed by atoms with Crippen LogP contribution in [0, 0.1) is 13.8 Å². The molecule has 3 heteroatoms. The predicted octanol–water partition coefficient (Wildman–Crippen LogP) is 2.87. The summed E-state index contributed by atoms with van der Waals surface area (Å²) < 4.78 is 0. The lowest BCUT2D eigenvalue weighted by Crippen LogP contribution is -1.95. The summed E-state index contributed by atoms with van der Waals surface area (Å²) in [5.41, 5.74) is 2.53. The van der Waals surface area contributed by atoms with Gasteiger partial charge in [0.05, 0.1) is 6.42 Å².